The minimum atomic E-state index is -0.254. The summed E-state index contributed by atoms with van der Waals surface area (Å²) < 4.78 is 7.76. The highest BCUT2D eigenvalue weighted by atomic mass is 16.5. The molecule has 1 amide bonds. The van der Waals surface area contributed by atoms with Crippen molar-refractivity contribution in [3.05, 3.63) is 53.2 Å². The maximum atomic E-state index is 12.8. The van der Waals surface area contributed by atoms with Gasteiger partial charge in [0.2, 0.25) is 5.88 Å². The second-order valence-corrected chi connectivity index (χ2v) is 7.31. The monoisotopic (exact) mass is 418 g/mol. The lowest BCUT2D eigenvalue weighted by Gasteiger charge is -2.14. The van der Waals surface area contributed by atoms with Gasteiger partial charge in [-0.15, -0.1) is 0 Å². The van der Waals surface area contributed by atoms with Crippen molar-refractivity contribution >= 4 is 5.91 Å². The quantitative estimate of drug-likeness (QED) is 0.553. The number of aryl methyl sites for hydroxylation is 1. The zero-order valence-corrected chi connectivity index (χ0v) is 18.3. The molecule has 0 atom stereocenters. The summed E-state index contributed by atoms with van der Waals surface area (Å²) in [6.07, 6.45) is 6.32. The largest absolute Gasteiger partial charge is 0.439 e. The van der Waals surface area contributed by atoms with Gasteiger partial charge in [-0.2, -0.15) is 10.4 Å². The van der Waals surface area contributed by atoms with Crippen LogP contribution in [0.1, 0.15) is 53.6 Å². The van der Waals surface area contributed by atoms with Gasteiger partial charge in [0.25, 0.3) is 5.91 Å². The van der Waals surface area contributed by atoms with E-state index in [2.05, 4.69) is 27.3 Å². The third-order valence-corrected chi connectivity index (χ3v) is 5.11. The highest BCUT2D eigenvalue weighted by Crippen LogP contribution is 2.33. The number of aromatic nitrogens is 4. The van der Waals surface area contributed by atoms with Crippen molar-refractivity contribution in [1.29, 1.82) is 5.26 Å². The molecule has 31 heavy (non-hydrogen) atoms. The average molecular weight is 419 g/mol. The van der Waals surface area contributed by atoms with Crippen molar-refractivity contribution in [2.75, 3.05) is 6.54 Å². The molecule has 8 heteroatoms. The van der Waals surface area contributed by atoms with Crippen molar-refractivity contribution in [2.45, 2.75) is 40.0 Å². The summed E-state index contributed by atoms with van der Waals surface area (Å²) in [6.45, 7) is 6.57. The summed E-state index contributed by atoms with van der Waals surface area (Å²) in [4.78, 5) is 21.2. The van der Waals surface area contributed by atoms with Gasteiger partial charge < -0.3 is 10.1 Å². The molecule has 0 saturated heterocycles. The molecule has 0 spiro atoms. The molecule has 0 fully saturated rings. The van der Waals surface area contributed by atoms with Crippen molar-refractivity contribution < 1.29 is 9.53 Å². The minimum absolute atomic E-state index is 0.239. The van der Waals surface area contributed by atoms with E-state index in [0.717, 1.165) is 41.6 Å². The third kappa shape index (κ3) is 5.07. The van der Waals surface area contributed by atoms with E-state index in [9.17, 15) is 4.79 Å². The van der Waals surface area contributed by atoms with Crippen LogP contribution >= 0.6 is 0 Å². The van der Waals surface area contributed by atoms with Crippen LogP contribution in [-0.4, -0.2) is 32.2 Å². The highest BCUT2D eigenvalue weighted by molar-refractivity contribution is 5.94. The SMILES string of the molecule is CCCCCNC(=O)c1cc(-c2cnn(C)c2C)c(C)c(Oc2ccnc(C#N)c2)n1. The Balaban J connectivity index is 2.02. The number of ether oxygens (including phenoxy) is 1. The molecule has 8 nitrogen and oxygen atoms in total. The fraction of sp³-hybridized carbons (Fsp3) is 0.348. The Morgan fingerprint density at radius 1 is 1.26 bits per heavy atom. The minimum Gasteiger partial charge on any atom is -0.439 e. The molecule has 3 aromatic rings. The van der Waals surface area contributed by atoms with Crippen LogP contribution in [-0.2, 0) is 7.05 Å². The number of hydrogen-bond acceptors (Lipinski definition) is 6. The molecule has 0 aliphatic rings. The molecule has 3 rings (SSSR count). The van der Waals surface area contributed by atoms with Crippen LogP contribution in [0, 0.1) is 25.2 Å². The Morgan fingerprint density at radius 2 is 2.06 bits per heavy atom. The van der Waals surface area contributed by atoms with Crippen molar-refractivity contribution in [3.8, 4) is 28.8 Å². The van der Waals surface area contributed by atoms with Crippen LogP contribution in [0.4, 0.5) is 0 Å². The second-order valence-electron chi connectivity index (χ2n) is 7.31. The maximum Gasteiger partial charge on any atom is 0.270 e. The first kappa shape index (κ1) is 22.0. The predicted octanol–water partition coefficient (Wildman–Crippen LogP) is 4.08. The zero-order valence-electron chi connectivity index (χ0n) is 18.3. The van der Waals surface area contributed by atoms with E-state index < -0.39 is 0 Å². The number of unbranched alkanes of at least 4 members (excludes halogenated alkanes) is 2. The molecule has 0 bridgehead atoms. The van der Waals surface area contributed by atoms with Crippen LogP contribution in [0.25, 0.3) is 11.1 Å². The summed E-state index contributed by atoms with van der Waals surface area (Å²) in [6, 6.07) is 6.95. The summed E-state index contributed by atoms with van der Waals surface area (Å²) in [5.74, 6) is 0.474. The summed E-state index contributed by atoms with van der Waals surface area (Å²) in [5, 5.41) is 16.4. The fourth-order valence-corrected chi connectivity index (χ4v) is 3.16. The summed E-state index contributed by atoms with van der Waals surface area (Å²) in [5.41, 5.74) is 3.97. The summed E-state index contributed by atoms with van der Waals surface area (Å²) in [7, 11) is 1.87. The van der Waals surface area contributed by atoms with Gasteiger partial charge in [-0.3, -0.25) is 9.48 Å². The topological polar surface area (TPSA) is 106 Å². The normalized spacial score (nSPS) is 10.5. The first-order valence-electron chi connectivity index (χ1n) is 10.3. The van der Waals surface area contributed by atoms with Crippen LogP contribution in [0.3, 0.4) is 0 Å². The first-order chi connectivity index (χ1) is 14.9. The molecule has 1 N–H and O–H groups in total. The Hall–Kier alpha value is -3.73. The molecule has 0 aliphatic heterocycles. The fourth-order valence-electron chi connectivity index (χ4n) is 3.16. The second kappa shape index (κ2) is 9.85. The van der Waals surface area contributed by atoms with Crippen LogP contribution in [0.5, 0.6) is 11.6 Å². The number of rotatable bonds is 8. The molecule has 0 aliphatic carbocycles. The van der Waals surface area contributed by atoms with E-state index in [1.165, 1.54) is 12.3 Å². The lowest BCUT2D eigenvalue weighted by atomic mass is 10.0. The number of carbonyl (C=O) groups excluding carboxylic acids is 1. The number of pyridine rings is 2. The van der Waals surface area contributed by atoms with E-state index in [4.69, 9.17) is 10.00 Å². The van der Waals surface area contributed by atoms with E-state index in [-0.39, 0.29) is 17.3 Å². The Kier molecular flexibility index (Phi) is 6.98. The van der Waals surface area contributed by atoms with Crippen molar-refractivity contribution in [1.82, 2.24) is 25.1 Å². The number of nitrogens with zero attached hydrogens (tertiary/aromatic N) is 5. The standard InChI is InChI=1S/C23H26N6O2/c1-5-6-7-9-26-22(30)21-12-19(20-14-27-29(4)16(20)3)15(2)23(28-21)31-18-8-10-25-17(11-18)13-24/h8,10-12,14H,5-7,9H2,1-4H3,(H,26,30). The molecule has 3 aromatic heterocycles. The van der Waals surface area contributed by atoms with Gasteiger partial charge in [-0.05, 0) is 38.0 Å². The van der Waals surface area contributed by atoms with E-state index >= 15 is 0 Å². The number of nitriles is 1. The van der Waals surface area contributed by atoms with Crippen LogP contribution in [0.2, 0.25) is 0 Å². The number of nitrogens with one attached hydrogen (secondary N) is 1. The van der Waals surface area contributed by atoms with Gasteiger partial charge in [-0.25, -0.2) is 9.97 Å². The molecule has 3 heterocycles. The maximum absolute atomic E-state index is 12.8. The predicted molar refractivity (Wildman–Crippen MR) is 117 cm³/mol. The first-order valence-corrected chi connectivity index (χ1v) is 10.3. The Labute approximate surface area is 181 Å². The molecular formula is C23H26N6O2. The van der Waals surface area contributed by atoms with E-state index in [1.807, 2.05) is 27.0 Å². The third-order valence-electron chi connectivity index (χ3n) is 5.11. The highest BCUT2D eigenvalue weighted by Gasteiger charge is 2.19. The van der Waals surface area contributed by atoms with E-state index in [0.29, 0.717) is 18.2 Å². The zero-order chi connectivity index (χ0) is 22.4. The van der Waals surface area contributed by atoms with Crippen LogP contribution < -0.4 is 10.1 Å². The average Bonchev–Trinajstić information content (AvgIpc) is 3.11. The molecule has 0 saturated carbocycles. The van der Waals surface area contributed by atoms with Gasteiger partial charge in [0.15, 0.2) is 0 Å². The van der Waals surface area contributed by atoms with Crippen molar-refractivity contribution in [3.63, 3.8) is 0 Å². The van der Waals surface area contributed by atoms with E-state index in [1.54, 1.807) is 23.0 Å². The molecule has 0 unspecified atom stereocenters. The number of hydrogen-bond donors (Lipinski definition) is 1. The molecule has 0 radical (unpaired) electrons. The molecule has 0 aromatic carbocycles. The van der Waals surface area contributed by atoms with Gasteiger partial charge in [0.1, 0.15) is 23.2 Å². The van der Waals surface area contributed by atoms with Crippen molar-refractivity contribution in [2.24, 2.45) is 7.05 Å². The van der Waals surface area contributed by atoms with Gasteiger partial charge in [0, 0.05) is 42.7 Å². The lowest BCUT2D eigenvalue weighted by molar-refractivity contribution is 0.0947. The lowest BCUT2D eigenvalue weighted by Crippen LogP contribution is -2.25. The Bertz CT molecular complexity index is 1130. The van der Waals surface area contributed by atoms with Gasteiger partial charge in [0.05, 0.1) is 6.20 Å². The smallest absolute Gasteiger partial charge is 0.270 e. The molecule has 160 valence electrons. The Morgan fingerprint density at radius 3 is 2.74 bits per heavy atom. The van der Waals surface area contributed by atoms with Crippen LogP contribution in [0.15, 0.2) is 30.6 Å². The summed E-state index contributed by atoms with van der Waals surface area (Å²) >= 11 is 0. The van der Waals surface area contributed by atoms with Gasteiger partial charge >= 0.3 is 0 Å². The molecular weight excluding hydrogens is 392 g/mol. The van der Waals surface area contributed by atoms with Gasteiger partial charge in [-0.1, -0.05) is 19.8 Å². The number of carbonyl (C=O) groups is 1. The number of amides is 1.